The number of carbonyl (C=O) groups excluding carboxylic acids is 1. The second-order valence-corrected chi connectivity index (χ2v) is 9.63. The van der Waals surface area contributed by atoms with Gasteiger partial charge in [0.15, 0.2) is 0 Å². The molecule has 2 aliphatic rings. The van der Waals surface area contributed by atoms with Crippen molar-refractivity contribution in [1.29, 1.82) is 5.26 Å². The topological polar surface area (TPSA) is 67.5 Å². The van der Waals surface area contributed by atoms with E-state index in [4.69, 9.17) is 9.47 Å². The third-order valence-electron chi connectivity index (χ3n) is 7.18. The summed E-state index contributed by atoms with van der Waals surface area (Å²) in [6.45, 7) is 2.00. The molecule has 0 N–H and O–H groups in total. The van der Waals surface area contributed by atoms with E-state index in [-0.39, 0.29) is 17.6 Å². The molecule has 6 nitrogen and oxygen atoms in total. The molecule has 3 heterocycles. The first-order valence-corrected chi connectivity index (χ1v) is 12.6. The van der Waals surface area contributed by atoms with Crippen molar-refractivity contribution in [1.82, 2.24) is 9.47 Å². The summed E-state index contributed by atoms with van der Waals surface area (Å²) in [7, 11) is 0. The summed E-state index contributed by atoms with van der Waals surface area (Å²) in [6, 6.07) is 28.3. The van der Waals surface area contributed by atoms with E-state index in [1.54, 1.807) is 0 Å². The standard InChI is InChI=1S/C31H27N3O3/c32-17-23-9-6-10-24(15-23)18-34-20-27(26-11-4-5-12-28(26)34)25-13-14-33(19-25)31(35)29-21-36-30(37-29)16-22-7-2-1-3-8-22/h1-12,15,20-21,25,30H,13-14,16,18-19H2. The molecule has 1 aromatic heterocycles. The number of nitriles is 1. The van der Waals surface area contributed by atoms with Gasteiger partial charge in [0.05, 0.1) is 11.6 Å². The predicted octanol–water partition coefficient (Wildman–Crippen LogP) is 5.33. The number of likely N-dealkylation sites (tertiary alicyclic amines) is 1. The van der Waals surface area contributed by atoms with Crippen LogP contribution in [0.2, 0.25) is 0 Å². The number of nitrogens with zero attached hydrogens (tertiary/aromatic N) is 3. The van der Waals surface area contributed by atoms with Crippen molar-refractivity contribution in [2.75, 3.05) is 13.1 Å². The fourth-order valence-electron chi connectivity index (χ4n) is 5.35. The molecule has 1 amide bonds. The van der Waals surface area contributed by atoms with Gasteiger partial charge in [-0.15, -0.1) is 0 Å². The van der Waals surface area contributed by atoms with Gasteiger partial charge in [-0.2, -0.15) is 5.26 Å². The number of benzene rings is 3. The number of hydrogen-bond acceptors (Lipinski definition) is 4. The van der Waals surface area contributed by atoms with E-state index < -0.39 is 6.29 Å². The van der Waals surface area contributed by atoms with Crippen LogP contribution in [0.4, 0.5) is 0 Å². The smallest absolute Gasteiger partial charge is 0.292 e. The average molecular weight is 490 g/mol. The van der Waals surface area contributed by atoms with E-state index in [1.165, 1.54) is 17.2 Å². The fourth-order valence-corrected chi connectivity index (χ4v) is 5.35. The van der Waals surface area contributed by atoms with E-state index in [2.05, 4.69) is 41.1 Å². The Morgan fingerprint density at radius 2 is 1.81 bits per heavy atom. The number of para-hydroxylation sites is 1. The van der Waals surface area contributed by atoms with Crippen LogP contribution in [0.3, 0.4) is 0 Å². The summed E-state index contributed by atoms with van der Waals surface area (Å²) < 4.78 is 13.7. The highest BCUT2D eigenvalue weighted by Gasteiger charge is 2.34. The van der Waals surface area contributed by atoms with Gasteiger partial charge in [0, 0.05) is 49.1 Å². The van der Waals surface area contributed by atoms with Crippen LogP contribution in [-0.4, -0.2) is 34.8 Å². The molecule has 2 unspecified atom stereocenters. The summed E-state index contributed by atoms with van der Waals surface area (Å²) in [5.74, 6) is 0.403. The Kier molecular flexibility index (Phi) is 6.11. The second-order valence-electron chi connectivity index (χ2n) is 9.63. The molecule has 3 aromatic carbocycles. The SMILES string of the molecule is N#Cc1cccc(Cn2cc(C3CCN(C(=O)C4=COC(Cc5ccccc5)O4)C3)c3ccccc32)c1. The number of hydrogen-bond donors (Lipinski definition) is 0. The second kappa shape index (κ2) is 9.87. The molecule has 0 radical (unpaired) electrons. The van der Waals surface area contributed by atoms with Crippen LogP contribution < -0.4 is 0 Å². The van der Waals surface area contributed by atoms with E-state index in [1.807, 2.05) is 59.5 Å². The molecule has 4 aromatic rings. The molecular formula is C31H27N3O3. The largest absolute Gasteiger partial charge is 0.458 e. The number of carbonyl (C=O) groups is 1. The van der Waals surface area contributed by atoms with Crippen LogP contribution in [-0.2, 0) is 27.2 Å². The lowest BCUT2D eigenvalue weighted by Crippen LogP contribution is -2.30. The third-order valence-corrected chi connectivity index (χ3v) is 7.18. The molecule has 1 saturated heterocycles. The molecule has 0 saturated carbocycles. The van der Waals surface area contributed by atoms with Gasteiger partial charge < -0.3 is 18.9 Å². The summed E-state index contributed by atoms with van der Waals surface area (Å²) in [4.78, 5) is 15.1. The maximum absolute atomic E-state index is 13.2. The third kappa shape index (κ3) is 4.68. The van der Waals surface area contributed by atoms with Crippen molar-refractivity contribution in [3.8, 4) is 6.07 Å². The monoisotopic (exact) mass is 489 g/mol. The van der Waals surface area contributed by atoms with Crippen LogP contribution >= 0.6 is 0 Å². The number of rotatable bonds is 6. The fraction of sp³-hybridized carbons (Fsp3) is 0.226. The summed E-state index contributed by atoms with van der Waals surface area (Å²) in [5, 5.41) is 10.5. The van der Waals surface area contributed by atoms with Gasteiger partial charge in [-0.05, 0) is 41.3 Å². The van der Waals surface area contributed by atoms with Gasteiger partial charge in [0.1, 0.15) is 6.26 Å². The molecular weight excluding hydrogens is 462 g/mol. The molecule has 0 spiro atoms. The van der Waals surface area contributed by atoms with Crippen LogP contribution in [0.25, 0.3) is 10.9 Å². The minimum absolute atomic E-state index is 0.116. The highest BCUT2D eigenvalue weighted by molar-refractivity contribution is 5.92. The average Bonchev–Trinajstić information content (AvgIpc) is 3.69. The summed E-state index contributed by atoms with van der Waals surface area (Å²) in [5.41, 5.74) is 5.26. The predicted molar refractivity (Wildman–Crippen MR) is 140 cm³/mol. The zero-order valence-corrected chi connectivity index (χ0v) is 20.4. The molecule has 0 bridgehead atoms. The van der Waals surface area contributed by atoms with Crippen LogP contribution in [0.5, 0.6) is 0 Å². The Bertz CT molecular complexity index is 1520. The lowest BCUT2D eigenvalue weighted by atomic mass is 9.98. The van der Waals surface area contributed by atoms with Gasteiger partial charge in [0.2, 0.25) is 12.0 Å². The van der Waals surface area contributed by atoms with Crippen LogP contribution in [0, 0.1) is 11.3 Å². The van der Waals surface area contributed by atoms with Crippen molar-refractivity contribution >= 4 is 16.8 Å². The van der Waals surface area contributed by atoms with E-state index in [9.17, 15) is 10.1 Å². The maximum atomic E-state index is 13.2. The molecule has 6 rings (SSSR count). The van der Waals surface area contributed by atoms with Crippen LogP contribution in [0.1, 0.15) is 34.6 Å². The highest BCUT2D eigenvalue weighted by Crippen LogP contribution is 2.35. The first kappa shape index (κ1) is 22.9. The highest BCUT2D eigenvalue weighted by atomic mass is 16.7. The molecule has 1 fully saturated rings. The number of aromatic nitrogens is 1. The number of amides is 1. The van der Waals surface area contributed by atoms with E-state index in [0.29, 0.717) is 31.6 Å². The minimum Gasteiger partial charge on any atom is -0.458 e. The minimum atomic E-state index is -0.475. The molecule has 2 aliphatic heterocycles. The van der Waals surface area contributed by atoms with Crippen LogP contribution in [0.15, 0.2) is 97.1 Å². The Hall–Kier alpha value is -4.50. The zero-order valence-electron chi connectivity index (χ0n) is 20.4. The number of ether oxygens (including phenoxy) is 2. The Balaban J connectivity index is 1.16. The van der Waals surface area contributed by atoms with E-state index in [0.717, 1.165) is 23.1 Å². The lowest BCUT2D eigenvalue weighted by Gasteiger charge is -2.17. The van der Waals surface area contributed by atoms with Crippen molar-refractivity contribution < 1.29 is 14.3 Å². The molecule has 0 aliphatic carbocycles. The van der Waals surface area contributed by atoms with Gasteiger partial charge in [-0.1, -0.05) is 60.7 Å². The Labute approximate surface area is 216 Å². The summed E-state index contributed by atoms with van der Waals surface area (Å²) >= 11 is 0. The maximum Gasteiger partial charge on any atom is 0.292 e. The van der Waals surface area contributed by atoms with Crippen molar-refractivity contribution in [3.05, 3.63) is 119 Å². The first-order chi connectivity index (χ1) is 18.2. The van der Waals surface area contributed by atoms with E-state index >= 15 is 0 Å². The zero-order chi connectivity index (χ0) is 25.2. The molecule has 2 atom stereocenters. The van der Waals surface area contributed by atoms with Gasteiger partial charge in [0.25, 0.3) is 5.91 Å². The quantitative estimate of drug-likeness (QED) is 0.367. The first-order valence-electron chi connectivity index (χ1n) is 12.6. The molecule has 37 heavy (non-hydrogen) atoms. The Morgan fingerprint density at radius 1 is 1.00 bits per heavy atom. The molecule has 6 heteroatoms. The van der Waals surface area contributed by atoms with Gasteiger partial charge >= 0.3 is 0 Å². The van der Waals surface area contributed by atoms with Crippen molar-refractivity contribution in [3.63, 3.8) is 0 Å². The van der Waals surface area contributed by atoms with Crippen molar-refractivity contribution in [2.45, 2.75) is 31.6 Å². The van der Waals surface area contributed by atoms with Gasteiger partial charge in [-0.25, -0.2) is 0 Å². The van der Waals surface area contributed by atoms with Crippen molar-refractivity contribution in [2.24, 2.45) is 0 Å². The lowest BCUT2D eigenvalue weighted by molar-refractivity contribution is -0.132. The van der Waals surface area contributed by atoms with Gasteiger partial charge in [-0.3, -0.25) is 4.79 Å². The normalized spacial score (nSPS) is 18.8. The molecule has 184 valence electrons. The number of fused-ring (bicyclic) bond motifs is 1. The Morgan fingerprint density at radius 3 is 2.68 bits per heavy atom. The summed E-state index contributed by atoms with van der Waals surface area (Å²) in [6.07, 6.45) is 4.69.